The number of aldehydes is 1. The molecular weight excluding hydrogens is 306 g/mol. The fourth-order valence-electron chi connectivity index (χ4n) is 2.79. The normalized spacial score (nSPS) is 18.0. The highest BCUT2D eigenvalue weighted by Crippen LogP contribution is 2.30. The number of hydrogen-bond acceptors (Lipinski definition) is 3. The van der Waals surface area contributed by atoms with E-state index < -0.39 is 0 Å². The third-order valence-corrected chi connectivity index (χ3v) is 4.50. The molecule has 2 aromatic heterocycles. The molecule has 0 N–H and O–H groups in total. The molecule has 0 bridgehead atoms. The molecule has 100 valence electrons. The van der Waals surface area contributed by atoms with Gasteiger partial charge in [0.05, 0.1) is 5.52 Å². The third kappa shape index (κ3) is 2.21. The largest absolute Gasteiger partial charge is 0.306 e. The van der Waals surface area contributed by atoms with E-state index >= 15 is 0 Å². The molecule has 0 atom stereocenters. The first-order chi connectivity index (χ1) is 9.20. The van der Waals surface area contributed by atoms with Crippen molar-refractivity contribution in [3.63, 3.8) is 0 Å². The Bertz CT molecular complexity index is 614. The van der Waals surface area contributed by atoms with Crippen LogP contribution in [0.5, 0.6) is 0 Å². The van der Waals surface area contributed by atoms with Crippen LogP contribution in [-0.2, 0) is 0 Å². The van der Waals surface area contributed by atoms with Gasteiger partial charge in [0, 0.05) is 16.6 Å². The van der Waals surface area contributed by atoms with Gasteiger partial charge in [0.25, 0.3) is 0 Å². The fourth-order valence-corrected chi connectivity index (χ4v) is 3.33. The van der Waals surface area contributed by atoms with Crippen LogP contribution in [0.4, 0.5) is 0 Å². The second-order valence-corrected chi connectivity index (χ2v) is 5.98. The van der Waals surface area contributed by atoms with E-state index in [0.717, 1.165) is 48.0 Å². The number of hydrogen-bond donors (Lipinski definition) is 0. The fraction of sp³-hybridized carbons (Fsp3) is 0.429. The maximum absolute atomic E-state index is 11.2. The van der Waals surface area contributed by atoms with Crippen LogP contribution in [0.2, 0.25) is 0 Å². The van der Waals surface area contributed by atoms with Crippen LogP contribution in [0.15, 0.2) is 22.8 Å². The average molecular weight is 322 g/mol. The monoisotopic (exact) mass is 321 g/mol. The van der Waals surface area contributed by atoms with Crippen molar-refractivity contribution in [2.45, 2.75) is 18.8 Å². The minimum Gasteiger partial charge on any atom is -0.306 e. The molecule has 19 heavy (non-hydrogen) atoms. The molecule has 0 aromatic carbocycles. The van der Waals surface area contributed by atoms with Crippen molar-refractivity contribution in [3.8, 4) is 0 Å². The molecule has 5 heteroatoms. The molecular formula is C14H16BrN3O. The Labute approximate surface area is 120 Å². The Morgan fingerprint density at radius 1 is 1.42 bits per heavy atom. The number of halogens is 1. The van der Waals surface area contributed by atoms with Crippen LogP contribution in [0.1, 0.15) is 35.1 Å². The van der Waals surface area contributed by atoms with Gasteiger partial charge < -0.3 is 9.30 Å². The number of pyridine rings is 1. The molecule has 1 aliphatic heterocycles. The van der Waals surface area contributed by atoms with Gasteiger partial charge in [-0.1, -0.05) is 0 Å². The van der Waals surface area contributed by atoms with Crippen molar-refractivity contribution in [1.29, 1.82) is 0 Å². The molecule has 1 aliphatic rings. The lowest BCUT2D eigenvalue weighted by Crippen LogP contribution is -2.29. The smallest absolute Gasteiger partial charge is 0.170 e. The van der Waals surface area contributed by atoms with Crippen LogP contribution in [-0.4, -0.2) is 40.7 Å². The maximum atomic E-state index is 11.2. The Morgan fingerprint density at radius 2 is 2.16 bits per heavy atom. The highest BCUT2D eigenvalue weighted by atomic mass is 79.9. The van der Waals surface area contributed by atoms with Gasteiger partial charge in [0.1, 0.15) is 11.5 Å². The lowest BCUT2D eigenvalue weighted by atomic mass is 9.96. The number of carbonyl (C=O) groups is 1. The minimum absolute atomic E-state index is 0.437. The van der Waals surface area contributed by atoms with Gasteiger partial charge in [-0.2, -0.15) is 0 Å². The van der Waals surface area contributed by atoms with Gasteiger partial charge in [0.15, 0.2) is 6.29 Å². The molecule has 4 nitrogen and oxygen atoms in total. The summed E-state index contributed by atoms with van der Waals surface area (Å²) in [5.41, 5.74) is 1.41. The Kier molecular flexibility index (Phi) is 3.41. The number of aromatic nitrogens is 2. The first-order valence-corrected chi connectivity index (χ1v) is 7.30. The number of imidazole rings is 1. The molecule has 0 spiro atoms. The molecule has 3 rings (SSSR count). The standard InChI is InChI=1S/C14H16BrN3O/c1-17-7-4-10(5-8-17)14-16-12(9-19)13-11(15)3-2-6-18(13)14/h2-3,6,9-10H,4-5,7-8H2,1H3. The summed E-state index contributed by atoms with van der Waals surface area (Å²) in [5.74, 6) is 1.46. The lowest BCUT2D eigenvalue weighted by molar-refractivity contribution is 0.112. The first kappa shape index (κ1) is 12.8. The number of nitrogens with zero attached hydrogens (tertiary/aromatic N) is 3. The summed E-state index contributed by atoms with van der Waals surface area (Å²) >= 11 is 3.51. The minimum atomic E-state index is 0.437. The van der Waals surface area contributed by atoms with E-state index in [1.807, 2.05) is 18.3 Å². The van der Waals surface area contributed by atoms with Gasteiger partial charge in [-0.3, -0.25) is 4.79 Å². The summed E-state index contributed by atoms with van der Waals surface area (Å²) in [5, 5.41) is 0. The van der Waals surface area contributed by atoms with Crippen molar-refractivity contribution in [2.24, 2.45) is 0 Å². The Morgan fingerprint density at radius 3 is 2.84 bits per heavy atom. The van der Waals surface area contributed by atoms with Gasteiger partial charge in [-0.15, -0.1) is 0 Å². The van der Waals surface area contributed by atoms with Crippen LogP contribution < -0.4 is 0 Å². The van der Waals surface area contributed by atoms with Crippen molar-refractivity contribution in [3.05, 3.63) is 34.3 Å². The van der Waals surface area contributed by atoms with Crippen LogP contribution in [0.25, 0.3) is 5.52 Å². The second kappa shape index (κ2) is 5.06. The zero-order chi connectivity index (χ0) is 13.4. The second-order valence-electron chi connectivity index (χ2n) is 5.13. The van der Waals surface area contributed by atoms with Gasteiger partial charge in [0.2, 0.25) is 0 Å². The zero-order valence-corrected chi connectivity index (χ0v) is 12.4. The van der Waals surface area contributed by atoms with Crippen molar-refractivity contribution < 1.29 is 4.79 Å². The van der Waals surface area contributed by atoms with Gasteiger partial charge >= 0.3 is 0 Å². The van der Waals surface area contributed by atoms with Crippen molar-refractivity contribution in [1.82, 2.24) is 14.3 Å². The van der Waals surface area contributed by atoms with Gasteiger partial charge in [-0.25, -0.2) is 4.98 Å². The van der Waals surface area contributed by atoms with Crippen molar-refractivity contribution in [2.75, 3.05) is 20.1 Å². The van der Waals surface area contributed by atoms with Crippen LogP contribution in [0.3, 0.4) is 0 Å². The SMILES string of the molecule is CN1CCC(c2nc(C=O)c3c(Br)cccn23)CC1. The summed E-state index contributed by atoms with van der Waals surface area (Å²) < 4.78 is 2.98. The van der Waals surface area contributed by atoms with Gasteiger partial charge in [-0.05, 0) is 61.0 Å². The number of fused-ring (bicyclic) bond motifs is 1. The predicted octanol–water partition coefficient (Wildman–Crippen LogP) is 2.72. The molecule has 3 heterocycles. The van der Waals surface area contributed by atoms with E-state index in [-0.39, 0.29) is 0 Å². The lowest BCUT2D eigenvalue weighted by Gasteiger charge is -2.28. The average Bonchev–Trinajstić information content (AvgIpc) is 2.80. The number of piperidine rings is 1. The summed E-state index contributed by atoms with van der Waals surface area (Å²) in [7, 11) is 2.15. The maximum Gasteiger partial charge on any atom is 0.170 e. The Balaban J connectivity index is 2.09. The van der Waals surface area contributed by atoms with E-state index in [4.69, 9.17) is 0 Å². The molecule has 0 aliphatic carbocycles. The van der Waals surface area contributed by atoms with E-state index in [9.17, 15) is 4.79 Å². The van der Waals surface area contributed by atoms with Crippen molar-refractivity contribution >= 4 is 27.7 Å². The summed E-state index contributed by atoms with van der Waals surface area (Å²) in [6, 6.07) is 3.92. The van der Waals surface area contributed by atoms with E-state index in [1.54, 1.807) is 0 Å². The molecule has 0 amide bonds. The van der Waals surface area contributed by atoms with E-state index in [0.29, 0.717) is 11.6 Å². The quantitative estimate of drug-likeness (QED) is 0.798. The zero-order valence-electron chi connectivity index (χ0n) is 10.8. The van der Waals surface area contributed by atoms with Crippen LogP contribution in [0, 0.1) is 0 Å². The summed E-state index contributed by atoms with van der Waals surface area (Å²) in [4.78, 5) is 18.1. The number of likely N-dealkylation sites (tertiary alicyclic amines) is 1. The molecule has 0 saturated carbocycles. The number of rotatable bonds is 2. The molecule has 1 fully saturated rings. The summed E-state index contributed by atoms with van der Waals surface area (Å²) in [6.45, 7) is 2.17. The number of carbonyl (C=O) groups excluding carboxylic acids is 1. The summed E-state index contributed by atoms with van der Waals surface area (Å²) in [6.07, 6.45) is 5.03. The highest BCUT2D eigenvalue weighted by Gasteiger charge is 2.24. The highest BCUT2D eigenvalue weighted by molar-refractivity contribution is 9.10. The first-order valence-electron chi connectivity index (χ1n) is 6.51. The molecule has 0 radical (unpaired) electrons. The predicted molar refractivity (Wildman–Crippen MR) is 77.8 cm³/mol. The van der Waals surface area contributed by atoms with Crippen LogP contribution >= 0.6 is 15.9 Å². The van der Waals surface area contributed by atoms with E-state index in [2.05, 4.69) is 37.3 Å². The topological polar surface area (TPSA) is 37.6 Å². The molecule has 1 saturated heterocycles. The molecule has 0 unspecified atom stereocenters. The van der Waals surface area contributed by atoms with E-state index in [1.165, 1.54) is 0 Å². The third-order valence-electron chi connectivity index (χ3n) is 3.86. The molecule has 2 aromatic rings. The Hall–Kier alpha value is -1.20.